The molecule has 5 heteroatoms. The van der Waals surface area contributed by atoms with Crippen molar-refractivity contribution in [1.82, 2.24) is 4.98 Å². The first-order valence-corrected chi connectivity index (χ1v) is 6.73. The molecule has 112 valence electrons. The number of aromatic nitrogens is 1. The number of nitrogens with zero attached hydrogens (tertiary/aromatic N) is 2. The van der Waals surface area contributed by atoms with Gasteiger partial charge in [0.25, 0.3) is 0 Å². The normalized spacial score (nSPS) is 12.1. The van der Waals surface area contributed by atoms with Crippen LogP contribution in [0.25, 0.3) is 0 Å². The monoisotopic (exact) mass is 291 g/mol. The highest BCUT2D eigenvalue weighted by molar-refractivity contribution is 5.68. The lowest BCUT2D eigenvalue weighted by Gasteiger charge is -2.22. The van der Waals surface area contributed by atoms with Gasteiger partial charge in [-0.2, -0.15) is 0 Å². The van der Waals surface area contributed by atoms with Crippen LogP contribution in [0.1, 0.15) is 24.1 Å². The highest BCUT2D eigenvalue weighted by Crippen LogP contribution is 2.28. The molecule has 0 radical (unpaired) electrons. The minimum atomic E-state index is -0.413. The van der Waals surface area contributed by atoms with E-state index in [0.717, 1.165) is 11.4 Å². The maximum Gasteiger partial charge on any atom is 0.128 e. The van der Waals surface area contributed by atoms with Crippen molar-refractivity contribution in [3.63, 3.8) is 0 Å². The van der Waals surface area contributed by atoms with Gasteiger partial charge < -0.3 is 10.2 Å². The summed E-state index contributed by atoms with van der Waals surface area (Å²) in [6.45, 7) is 3.34. The van der Waals surface area contributed by atoms with Gasteiger partial charge in [-0.1, -0.05) is 0 Å². The van der Waals surface area contributed by atoms with Gasteiger partial charge in [0.1, 0.15) is 11.6 Å². The molecule has 3 nitrogen and oxygen atoms in total. The van der Waals surface area contributed by atoms with E-state index in [9.17, 15) is 8.78 Å². The van der Waals surface area contributed by atoms with E-state index >= 15 is 0 Å². The smallest absolute Gasteiger partial charge is 0.128 e. The Balaban J connectivity index is 2.30. The van der Waals surface area contributed by atoms with Crippen LogP contribution in [0.5, 0.6) is 0 Å². The van der Waals surface area contributed by atoms with Crippen LogP contribution in [0.15, 0.2) is 30.6 Å². The highest BCUT2D eigenvalue weighted by Gasteiger charge is 2.15. The molecule has 1 atom stereocenters. The molecule has 1 aromatic carbocycles. The fraction of sp³-hybridized carbons (Fsp3) is 0.312. The molecule has 2 rings (SSSR count). The van der Waals surface area contributed by atoms with Gasteiger partial charge in [0.15, 0.2) is 0 Å². The first-order chi connectivity index (χ1) is 9.90. The second-order valence-electron chi connectivity index (χ2n) is 5.28. The molecule has 0 aliphatic heterocycles. The van der Waals surface area contributed by atoms with E-state index in [-0.39, 0.29) is 6.04 Å². The largest absolute Gasteiger partial charge is 0.376 e. The highest BCUT2D eigenvalue weighted by atomic mass is 19.1. The summed E-state index contributed by atoms with van der Waals surface area (Å²) in [6.07, 6.45) is 3.37. The van der Waals surface area contributed by atoms with Crippen molar-refractivity contribution in [2.75, 3.05) is 24.3 Å². The SMILES string of the molecule is Cc1cc(F)c(C(C)Nc2cnccc2N(C)C)cc1F. The third kappa shape index (κ3) is 3.29. The summed E-state index contributed by atoms with van der Waals surface area (Å²) in [7, 11) is 3.83. The predicted octanol–water partition coefficient (Wildman–Crippen LogP) is 3.91. The average Bonchev–Trinajstić information content (AvgIpc) is 2.43. The molecule has 1 unspecified atom stereocenters. The number of hydrogen-bond acceptors (Lipinski definition) is 3. The number of nitrogens with one attached hydrogen (secondary N) is 1. The third-order valence-electron chi connectivity index (χ3n) is 3.40. The van der Waals surface area contributed by atoms with Crippen LogP contribution in [-0.4, -0.2) is 19.1 Å². The van der Waals surface area contributed by atoms with Crippen molar-refractivity contribution in [2.24, 2.45) is 0 Å². The van der Waals surface area contributed by atoms with Gasteiger partial charge in [-0.25, -0.2) is 8.78 Å². The summed E-state index contributed by atoms with van der Waals surface area (Å²) in [5.41, 5.74) is 2.31. The van der Waals surface area contributed by atoms with Crippen molar-refractivity contribution in [2.45, 2.75) is 19.9 Å². The van der Waals surface area contributed by atoms with E-state index in [1.165, 1.54) is 12.1 Å². The molecule has 1 heterocycles. The first kappa shape index (κ1) is 15.2. The number of aryl methyl sites for hydroxylation is 1. The Hall–Kier alpha value is -2.17. The van der Waals surface area contributed by atoms with Crippen molar-refractivity contribution in [1.29, 1.82) is 0 Å². The molecular formula is C16H19F2N3. The molecular weight excluding hydrogens is 272 g/mol. The standard InChI is InChI=1S/C16H19F2N3/c1-10-7-14(18)12(8-13(10)17)11(2)20-15-9-19-6-5-16(15)21(3)4/h5-9,11,20H,1-4H3. The maximum absolute atomic E-state index is 14.0. The third-order valence-corrected chi connectivity index (χ3v) is 3.40. The minimum absolute atomic E-state index is 0.298. The zero-order valence-electron chi connectivity index (χ0n) is 12.6. The predicted molar refractivity (Wildman–Crippen MR) is 81.7 cm³/mol. The molecule has 0 saturated carbocycles. The summed E-state index contributed by atoms with van der Waals surface area (Å²) in [4.78, 5) is 6.00. The lowest BCUT2D eigenvalue weighted by molar-refractivity contribution is 0.571. The zero-order chi connectivity index (χ0) is 15.6. The van der Waals surface area contributed by atoms with Gasteiger partial charge in [0, 0.05) is 25.9 Å². The van der Waals surface area contributed by atoms with Gasteiger partial charge in [-0.3, -0.25) is 4.98 Å². The van der Waals surface area contributed by atoms with E-state index in [0.29, 0.717) is 11.1 Å². The van der Waals surface area contributed by atoms with Crippen molar-refractivity contribution < 1.29 is 8.78 Å². The number of rotatable bonds is 4. The number of halogens is 2. The fourth-order valence-corrected chi connectivity index (χ4v) is 2.19. The minimum Gasteiger partial charge on any atom is -0.376 e. The van der Waals surface area contributed by atoms with Crippen LogP contribution in [0, 0.1) is 18.6 Å². The summed E-state index contributed by atoms with van der Waals surface area (Å²) in [5, 5.41) is 3.18. The Kier molecular flexibility index (Phi) is 4.40. The van der Waals surface area contributed by atoms with Gasteiger partial charge >= 0.3 is 0 Å². The van der Waals surface area contributed by atoms with Crippen molar-refractivity contribution in [3.8, 4) is 0 Å². The number of pyridine rings is 1. The summed E-state index contributed by atoms with van der Waals surface area (Å²) in [6, 6.07) is 3.96. The molecule has 1 aromatic heterocycles. The van der Waals surface area contributed by atoms with Crippen LogP contribution >= 0.6 is 0 Å². The Bertz CT molecular complexity index is 641. The molecule has 21 heavy (non-hydrogen) atoms. The molecule has 0 saturated heterocycles. The first-order valence-electron chi connectivity index (χ1n) is 6.73. The van der Waals surface area contributed by atoms with Crippen molar-refractivity contribution in [3.05, 3.63) is 53.4 Å². The van der Waals surface area contributed by atoms with Crippen LogP contribution in [0.4, 0.5) is 20.2 Å². The fourth-order valence-electron chi connectivity index (χ4n) is 2.19. The van der Waals surface area contributed by atoms with E-state index in [2.05, 4.69) is 10.3 Å². The van der Waals surface area contributed by atoms with Crippen LogP contribution < -0.4 is 10.2 Å². The van der Waals surface area contributed by atoms with Crippen LogP contribution in [0.2, 0.25) is 0 Å². The van der Waals surface area contributed by atoms with Gasteiger partial charge in [0.05, 0.1) is 23.6 Å². The van der Waals surface area contributed by atoms with Crippen LogP contribution in [-0.2, 0) is 0 Å². The molecule has 0 fully saturated rings. The van der Waals surface area contributed by atoms with Gasteiger partial charge in [-0.05, 0) is 37.6 Å². The Morgan fingerprint density at radius 3 is 2.57 bits per heavy atom. The Morgan fingerprint density at radius 1 is 1.19 bits per heavy atom. The molecule has 0 bridgehead atoms. The van der Waals surface area contributed by atoms with E-state index in [4.69, 9.17) is 0 Å². The van der Waals surface area contributed by atoms with Gasteiger partial charge in [-0.15, -0.1) is 0 Å². The zero-order valence-corrected chi connectivity index (χ0v) is 12.6. The molecule has 2 aromatic rings. The molecule has 0 aliphatic carbocycles. The lowest BCUT2D eigenvalue weighted by atomic mass is 10.0. The maximum atomic E-state index is 14.0. The molecule has 1 N–H and O–H groups in total. The summed E-state index contributed by atoms with van der Waals surface area (Å²) >= 11 is 0. The average molecular weight is 291 g/mol. The number of hydrogen-bond donors (Lipinski definition) is 1. The van der Waals surface area contributed by atoms with E-state index in [1.54, 1.807) is 26.2 Å². The van der Waals surface area contributed by atoms with Crippen LogP contribution in [0.3, 0.4) is 0 Å². The second kappa shape index (κ2) is 6.08. The van der Waals surface area contributed by atoms with Gasteiger partial charge in [0.2, 0.25) is 0 Å². The number of benzene rings is 1. The van der Waals surface area contributed by atoms with E-state index in [1.807, 2.05) is 25.1 Å². The Morgan fingerprint density at radius 2 is 1.90 bits per heavy atom. The Labute approximate surface area is 123 Å². The lowest BCUT2D eigenvalue weighted by Crippen LogP contribution is -2.15. The molecule has 0 amide bonds. The van der Waals surface area contributed by atoms with Crippen molar-refractivity contribution >= 4 is 11.4 Å². The quantitative estimate of drug-likeness (QED) is 0.925. The molecule has 0 spiro atoms. The second-order valence-corrected chi connectivity index (χ2v) is 5.28. The molecule has 0 aliphatic rings. The summed E-state index contributed by atoms with van der Waals surface area (Å²) in [5.74, 6) is -0.816. The van der Waals surface area contributed by atoms with E-state index < -0.39 is 11.6 Å². The number of anilines is 2. The summed E-state index contributed by atoms with van der Waals surface area (Å²) < 4.78 is 27.7. The topological polar surface area (TPSA) is 28.2 Å².